The number of amides is 3. The quantitative estimate of drug-likeness (QED) is 0.610. The van der Waals surface area contributed by atoms with Crippen LogP contribution in [-0.4, -0.2) is 46.8 Å². The van der Waals surface area contributed by atoms with Gasteiger partial charge in [-0.1, -0.05) is 19.9 Å². The minimum atomic E-state index is -0.375. The van der Waals surface area contributed by atoms with Crippen LogP contribution in [0.15, 0.2) is 23.1 Å². The van der Waals surface area contributed by atoms with E-state index in [0.717, 1.165) is 33.7 Å². The zero-order valence-corrected chi connectivity index (χ0v) is 19.6. The number of hydrogen-bond acceptors (Lipinski definition) is 8. The number of hydrogen-bond donors (Lipinski definition) is 1. The minimum Gasteiger partial charge on any atom is -0.454 e. The van der Waals surface area contributed by atoms with Gasteiger partial charge in [-0.15, -0.1) is 11.3 Å². The number of carbonyl (C=O) groups excluding carboxylic acids is 3. The molecule has 1 fully saturated rings. The number of aromatic nitrogens is 1. The van der Waals surface area contributed by atoms with Crippen molar-refractivity contribution in [2.75, 3.05) is 19.9 Å². The molecular formula is C22H23N3O5S2. The van der Waals surface area contributed by atoms with Crippen LogP contribution >= 0.6 is 23.1 Å². The molecule has 2 aliphatic heterocycles. The Balaban J connectivity index is 1.35. The fraction of sp³-hybridized carbons (Fsp3) is 0.364. The zero-order chi connectivity index (χ0) is 22.8. The van der Waals surface area contributed by atoms with Crippen molar-refractivity contribution in [2.45, 2.75) is 27.2 Å². The molecule has 1 aromatic carbocycles. The maximum Gasteiger partial charge on any atom is 0.293 e. The van der Waals surface area contributed by atoms with Gasteiger partial charge < -0.3 is 14.8 Å². The molecular weight excluding hydrogens is 450 g/mol. The van der Waals surface area contributed by atoms with Crippen LogP contribution in [0.5, 0.6) is 11.5 Å². The summed E-state index contributed by atoms with van der Waals surface area (Å²) in [6, 6.07) is 5.33. The molecule has 2 aliphatic rings. The number of thioether (sulfide) groups is 1. The summed E-state index contributed by atoms with van der Waals surface area (Å²) >= 11 is 2.27. The van der Waals surface area contributed by atoms with Crippen LogP contribution in [0.3, 0.4) is 0 Å². The molecule has 32 heavy (non-hydrogen) atoms. The fourth-order valence-electron chi connectivity index (χ4n) is 3.31. The van der Waals surface area contributed by atoms with Crippen LogP contribution in [-0.2, 0) is 11.2 Å². The number of benzene rings is 1. The minimum absolute atomic E-state index is 0.103. The van der Waals surface area contributed by atoms with Crippen LogP contribution in [0.2, 0.25) is 0 Å². The number of nitrogens with zero attached hydrogens (tertiary/aromatic N) is 2. The number of carbonyl (C=O) groups is 3. The number of fused-ring (bicyclic) bond motifs is 1. The first kappa shape index (κ1) is 22.3. The average Bonchev–Trinajstić information content (AvgIpc) is 3.41. The summed E-state index contributed by atoms with van der Waals surface area (Å²) in [4.78, 5) is 44.1. The predicted molar refractivity (Wildman–Crippen MR) is 123 cm³/mol. The highest BCUT2D eigenvalue weighted by Crippen LogP contribution is 2.36. The molecule has 0 atom stereocenters. The molecule has 0 bridgehead atoms. The van der Waals surface area contributed by atoms with E-state index in [1.54, 1.807) is 24.3 Å². The predicted octanol–water partition coefficient (Wildman–Crippen LogP) is 3.85. The van der Waals surface area contributed by atoms with Crippen molar-refractivity contribution < 1.29 is 23.9 Å². The normalized spacial score (nSPS) is 16.5. The topological polar surface area (TPSA) is 97.8 Å². The molecule has 10 heteroatoms. The van der Waals surface area contributed by atoms with Crippen molar-refractivity contribution in [3.05, 3.63) is 44.2 Å². The molecule has 0 saturated carbocycles. The average molecular weight is 474 g/mol. The van der Waals surface area contributed by atoms with Gasteiger partial charge in [-0.2, -0.15) is 0 Å². The standard InChI is InChI=1S/C22H23N3O5S2/c1-12(2)8-18-24-13(3)19(32-18)20(26)23-6-7-25-21(27)17(31-22(25)28)10-14-4-5-15-16(9-14)30-11-29-15/h4-5,9-10,12H,6-8,11H2,1-3H3,(H,23,26)/b17-10+. The van der Waals surface area contributed by atoms with E-state index in [9.17, 15) is 14.4 Å². The van der Waals surface area contributed by atoms with E-state index < -0.39 is 0 Å². The number of thiazole rings is 1. The second-order valence-corrected chi connectivity index (χ2v) is 9.90. The van der Waals surface area contributed by atoms with Crippen molar-refractivity contribution in [3.63, 3.8) is 0 Å². The van der Waals surface area contributed by atoms with Gasteiger partial charge in [0.25, 0.3) is 17.1 Å². The monoisotopic (exact) mass is 473 g/mol. The lowest BCUT2D eigenvalue weighted by molar-refractivity contribution is -0.122. The van der Waals surface area contributed by atoms with Crippen molar-refractivity contribution in [1.82, 2.24) is 15.2 Å². The number of ether oxygens (including phenoxy) is 2. The van der Waals surface area contributed by atoms with Crippen molar-refractivity contribution in [3.8, 4) is 11.5 Å². The Bertz CT molecular complexity index is 1110. The Morgan fingerprint density at radius 1 is 1.28 bits per heavy atom. The summed E-state index contributed by atoms with van der Waals surface area (Å²) in [6.45, 7) is 6.46. The lowest BCUT2D eigenvalue weighted by atomic mass is 10.1. The van der Waals surface area contributed by atoms with Gasteiger partial charge in [-0.3, -0.25) is 19.3 Å². The van der Waals surface area contributed by atoms with Gasteiger partial charge >= 0.3 is 0 Å². The number of imide groups is 1. The van der Waals surface area contributed by atoms with Gasteiger partial charge in [0, 0.05) is 19.5 Å². The third-order valence-electron chi connectivity index (χ3n) is 4.82. The third kappa shape index (κ3) is 4.81. The Labute approximate surface area is 194 Å². The smallest absolute Gasteiger partial charge is 0.293 e. The van der Waals surface area contributed by atoms with E-state index in [1.165, 1.54) is 11.3 Å². The van der Waals surface area contributed by atoms with Crippen LogP contribution in [0.25, 0.3) is 6.08 Å². The second kappa shape index (κ2) is 9.33. The molecule has 0 aliphatic carbocycles. The largest absolute Gasteiger partial charge is 0.454 e. The summed E-state index contributed by atoms with van der Waals surface area (Å²) in [7, 11) is 0. The van der Waals surface area contributed by atoms with E-state index in [-0.39, 0.29) is 36.9 Å². The molecule has 0 spiro atoms. The molecule has 0 unspecified atom stereocenters. The Morgan fingerprint density at radius 3 is 2.84 bits per heavy atom. The first-order valence-corrected chi connectivity index (χ1v) is 11.8. The Morgan fingerprint density at radius 2 is 2.06 bits per heavy atom. The summed E-state index contributed by atoms with van der Waals surface area (Å²) < 4.78 is 10.6. The van der Waals surface area contributed by atoms with Crippen molar-refractivity contribution >= 4 is 46.2 Å². The number of aryl methyl sites for hydroxylation is 1. The molecule has 1 N–H and O–H groups in total. The van der Waals surface area contributed by atoms with Crippen LogP contribution < -0.4 is 14.8 Å². The molecule has 3 heterocycles. The lowest BCUT2D eigenvalue weighted by Gasteiger charge is -2.12. The molecule has 0 radical (unpaired) electrons. The van der Waals surface area contributed by atoms with Crippen molar-refractivity contribution in [2.24, 2.45) is 5.92 Å². The maximum atomic E-state index is 12.7. The van der Waals surface area contributed by atoms with E-state index in [1.807, 2.05) is 6.92 Å². The lowest BCUT2D eigenvalue weighted by Crippen LogP contribution is -2.37. The summed E-state index contributed by atoms with van der Waals surface area (Å²) in [6.07, 6.45) is 2.48. The van der Waals surface area contributed by atoms with Crippen LogP contribution in [0, 0.1) is 12.8 Å². The summed E-state index contributed by atoms with van der Waals surface area (Å²) in [5.74, 6) is 1.10. The molecule has 8 nitrogen and oxygen atoms in total. The maximum absolute atomic E-state index is 12.7. The van der Waals surface area contributed by atoms with Crippen LogP contribution in [0.4, 0.5) is 4.79 Å². The third-order valence-corrected chi connectivity index (χ3v) is 6.90. The van der Waals surface area contributed by atoms with Gasteiger partial charge in [0.2, 0.25) is 6.79 Å². The van der Waals surface area contributed by atoms with E-state index in [2.05, 4.69) is 24.1 Å². The number of rotatable bonds is 7. The zero-order valence-electron chi connectivity index (χ0n) is 18.0. The van der Waals surface area contributed by atoms with Crippen LogP contribution in [0.1, 0.15) is 39.8 Å². The molecule has 1 saturated heterocycles. The Hall–Kier alpha value is -2.85. The van der Waals surface area contributed by atoms with Gasteiger partial charge in [0.1, 0.15) is 4.88 Å². The van der Waals surface area contributed by atoms with E-state index in [0.29, 0.717) is 32.9 Å². The summed E-state index contributed by atoms with van der Waals surface area (Å²) in [5.41, 5.74) is 1.44. The summed E-state index contributed by atoms with van der Waals surface area (Å²) in [5, 5.41) is 3.37. The SMILES string of the molecule is Cc1nc(CC(C)C)sc1C(=O)NCCN1C(=O)S/C(=C/c2ccc3c(c2)OCO3)C1=O. The molecule has 4 rings (SSSR count). The van der Waals surface area contributed by atoms with E-state index >= 15 is 0 Å². The molecule has 3 amide bonds. The van der Waals surface area contributed by atoms with Crippen molar-refractivity contribution in [1.29, 1.82) is 0 Å². The van der Waals surface area contributed by atoms with E-state index in [4.69, 9.17) is 9.47 Å². The molecule has 168 valence electrons. The van der Waals surface area contributed by atoms with Gasteiger partial charge in [-0.25, -0.2) is 4.98 Å². The van der Waals surface area contributed by atoms with Gasteiger partial charge in [0.05, 0.1) is 15.6 Å². The fourth-order valence-corrected chi connectivity index (χ4v) is 5.37. The molecule has 1 aromatic heterocycles. The highest BCUT2D eigenvalue weighted by molar-refractivity contribution is 8.18. The highest BCUT2D eigenvalue weighted by Gasteiger charge is 2.34. The Kier molecular flexibility index (Phi) is 6.52. The molecule has 2 aromatic rings. The second-order valence-electron chi connectivity index (χ2n) is 7.82. The first-order valence-electron chi connectivity index (χ1n) is 10.2. The van der Waals surface area contributed by atoms with Gasteiger partial charge in [0.15, 0.2) is 11.5 Å². The highest BCUT2D eigenvalue weighted by atomic mass is 32.2. The number of nitrogens with one attached hydrogen (secondary N) is 1. The van der Waals surface area contributed by atoms with Gasteiger partial charge in [-0.05, 0) is 48.4 Å². The first-order chi connectivity index (χ1) is 15.3.